The first-order valence-corrected chi connectivity index (χ1v) is 10.7. The fraction of sp³-hybridized carbons (Fsp3) is 0.318. The van der Waals surface area contributed by atoms with Crippen LogP contribution in [0.25, 0.3) is 0 Å². The average Bonchev–Trinajstić information content (AvgIpc) is 2.83. The number of nitrogens with one attached hydrogen (secondary N) is 1. The molecule has 10 nitrogen and oxygen atoms in total. The van der Waals surface area contributed by atoms with Crippen molar-refractivity contribution in [2.24, 2.45) is 10.2 Å². The van der Waals surface area contributed by atoms with Gasteiger partial charge in [0.05, 0.1) is 13.2 Å². The fourth-order valence-corrected chi connectivity index (χ4v) is 2.80. The van der Waals surface area contributed by atoms with Crippen molar-refractivity contribution in [2.75, 3.05) is 37.5 Å². The zero-order chi connectivity index (χ0) is 27.8. The van der Waals surface area contributed by atoms with Crippen molar-refractivity contribution in [1.82, 2.24) is 15.0 Å². The SMILES string of the molecule is COCCN(C)c1nc(N=NCc2ccc(OC(F)(F)F)cc2)nc(Nc2ccc(OC(F)(F)F)cc2)n1. The maximum Gasteiger partial charge on any atom is 0.573 e. The van der Waals surface area contributed by atoms with E-state index in [0.29, 0.717) is 24.4 Å². The molecule has 0 radical (unpaired) electrons. The summed E-state index contributed by atoms with van der Waals surface area (Å²) in [6.07, 6.45) is -9.61. The van der Waals surface area contributed by atoms with Crippen LogP contribution in [-0.4, -0.2) is 55.0 Å². The molecule has 0 amide bonds. The Morgan fingerprint density at radius 3 is 1.97 bits per heavy atom. The molecule has 0 aliphatic carbocycles. The van der Waals surface area contributed by atoms with Crippen molar-refractivity contribution < 1.29 is 40.6 Å². The lowest BCUT2D eigenvalue weighted by Gasteiger charge is -2.17. The van der Waals surface area contributed by atoms with Crippen molar-refractivity contribution in [3.05, 3.63) is 54.1 Å². The molecule has 3 rings (SSSR count). The van der Waals surface area contributed by atoms with Crippen LogP contribution in [0, 0.1) is 0 Å². The number of aromatic nitrogens is 3. The molecule has 0 spiro atoms. The summed E-state index contributed by atoms with van der Waals surface area (Å²) in [7, 11) is 3.23. The predicted molar refractivity (Wildman–Crippen MR) is 123 cm³/mol. The third kappa shape index (κ3) is 9.68. The van der Waals surface area contributed by atoms with Crippen molar-refractivity contribution in [1.29, 1.82) is 0 Å². The van der Waals surface area contributed by atoms with Gasteiger partial charge in [0, 0.05) is 26.4 Å². The van der Waals surface area contributed by atoms with Gasteiger partial charge in [0.15, 0.2) is 0 Å². The maximum atomic E-state index is 12.4. The first-order chi connectivity index (χ1) is 17.9. The molecule has 204 valence electrons. The summed E-state index contributed by atoms with van der Waals surface area (Å²) < 4.78 is 86.8. The van der Waals surface area contributed by atoms with Crippen LogP contribution >= 0.6 is 0 Å². The van der Waals surface area contributed by atoms with Gasteiger partial charge in [0.25, 0.3) is 5.95 Å². The zero-order valence-corrected chi connectivity index (χ0v) is 19.9. The van der Waals surface area contributed by atoms with Crippen molar-refractivity contribution >= 4 is 23.5 Å². The molecular formula is C22H21F6N7O3. The van der Waals surface area contributed by atoms with E-state index in [1.54, 1.807) is 11.9 Å². The lowest BCUT2D eigenvalue weighted by atomic mass is 10.2. The Morgan fingerprint density at radius 2 is 1.42 bits per heavy atom. The van der Waals surface area contributed by atoms with Gasteiger partial charge in [-0.3, -0.25) is 0 Å². The number of azo groups is 1. The van der Waals surface area contributed by atoms with E-state index < -0.39 is 18.5 Å². The minimum absolute atomic E-state index is 0.0102. The second-order valence-electron chi connectivity index (χ2n) is 7.46. The van der Waals surface area contributed by atoms with Crippen LogP contribution in [0.4, 0.5) is 49.9 Å². The van der Waals surface area contributed by atoms with Crippen LogP contribution in [0.15, 0.2) is 58.8 Å². The van der Waals surface area contributed by atoms with Crippen molar-refractivity contribution in [2.45, 2.75) is 19.3 Å². The molecular weight excluding hydrogens is 524 g/mol. The highest BCUT2D eigenvalue weighted by atomic mass is 19.4. The topological polar surface area (TPSA) is 106 Å². The number of halogens is 6. The summed E-state index contributed by atoms with van der Waals surface area (Å²) >= 11 is 0. The molecule has 0 atom stereocenters. The first-order valence-electron chi connectivity index (χ1n) is 10.7. The highest BCUT2D eigenvalue weighted by molar-refractivity contribution is 5.56. The third-order valence-electron chi connectivity index (χ3n) is 4.50. The first kappa shape index (κ1) is 28.4. The molecule has 3 aromatic rings. The van der Waals surface area contributed by atoms with Crippen LogP contribution in [0.5, 0.6) is 11.5 Å². The number of ether oxygens (including phenoxy) is 3. The van der Waals surface area contributed by atoms with E-state index in [4.69, 9.17) is 4.74 Å². The summed E-state index contributed by atoms with van der Waals surface area (Å²) in [4.78, 5) is 14.3. The van der Waals surface area contributed by atoms with Crippen LogP contribution in [0.2, 0.25) is 0 Å². The number of methoxy groups -OCH3 is 1. The summed E-state index contributed by atoms with van der Waals surface area (Å²) in [6, 6.07) is 10.0. The number of anilines is 3. The van der Waals surface area contributed by atoms with E-state index in [1.807, 2.05) is 0 Å². The number of alkyl halides is 6. The maximum absolute atomic E-state index is 12.4. The molecule has 0 unspecified atom stereocenters. The van der Waals surface area contributed by atoms with E-state index >= 15 is 0 Å². The molecule has 0 bridgehead atoms. The zero-order valence-electron chi connectivity index (χ0n) is 19.9. The number of hydrogen-bond donors (Lipinski definition) is 1. The van der Waals surface area contributed by atoms with Crippen LogP contribution in [0.3, 0.4) is 0 Å². The normalized spacial score (nSPS) is 12.0. The highest BCUT2D eigenvalue weighted by Gasteiger charge is 2.31. The van der Waals surface area contributed by atoms with E-state index in [2.05, 4.69) is 40.0 Å². The summed E-state index contributed by atoms with van der Waals surface area (Å²) in [5.74, 6) is -0.611. The van der Waals surface area contributed by atoms with Gasteiger partial charge in [0.2, 0.25) is 11.9 Å². The molecule has 1 aromatic heterocycles. The fourth-order valence-electron chi connectivity index (χ4n) is 2.80. The Kier molecular flexibility index (Phi) is 9.22. The van der Waals surface area contributed by atoms with Gasteiger partial charge < -0.3 is 24.4 Å². The second kappa shape index (κ2) is 12.4. The number of likely N-dealkylation sites (N-methyl/N-ethyl adjacent to an activating group) is 1. The van der Waals surface area contributed by atoms with Gasteiger partial charge in [-0.15, -0.1) is 31.5 Å². The molecule has 0 saturated heterocycles. The van der Waals surface area contributed by atoms with E-state index in [-0.39, 0.29) is 30.1 Å². The summed E-state index contributed by atoms with van der Waals surface area (Å²) in [6.45, 7) is 0.805. The lowest BCUT2D eigenvalue weighted by molar-refractivity contribution is -0.275. The summed E-state index contributed by atoms with van der Waals surface area (Å²) in [5.41, 5.74) is 0.912. The van der Waals surface area contributed by atoms with Crippen molar-refractivity contribution in [3.8, 4) is 11.5 Å². The lowest BCUT2D eigenvalue weighted by Crippen LogP contribution is -2.24. The Hall–Kier alpha value is -4.21. The van der Waals surface area contributed by atoms with Crippen LogP contribution < -0.4 is 19.7 Å². The monoisotopic (exact) mass is 545 g/mol. The second-order valence-corrected chi connectivity index (χ2v) is 7.46. The van der Waals surface area contributed by atoms with Gasteiger partial charge >= 0.3 is 12.7 Å². The minimum Gasteiger partial charge on any atom is -0.406 e. The van der Waals surface area contributed by atoms with E-state index in [0.717, 1.165) is 24.3 Å². The van der Waals surface area contributed by atoms with Gasteiger partial charge in [0.1, 0.15) is 11.5 Å². The van der Waals surface area contributed by atoms with Gasteiger partial charge in [-0.05, 0) is 42.0 Å². The minimum atomic E-state index is -4.82. The number of nitrogens with zero attached hydrogens (tertiary/aromatic N) is 6. The molecule has 1 N–H and O–H groups in total. The highest BCUT2D eigenvalue weighted by Crippen LogP contribution is 2.26. The number of benzene rings is 2. The predicted octanol–water partition coefficient (Wildman–Crippen LogP) is 5.78. The van der Waals surface area contributed by atoms with Gasteiger partial charge in [-0.25, -0.2) is 0 Å². The molecule has 38 heavy (non-hydrogen) atoms. The molecule has 2 aromatic carbocycles. The standard InChI is InChI=1S/C22H21F6N7O3/c1-35(11-12-36-2)20-32-18(30-15-5-9-17(10-6-15)38-22(26,27)28)31-19(33-20)34-29-13-14-3-7-16(8-4-14)37-21(23,24)25/h3-10H,11-13H2,1-2H3,(H,30,31,32,33). The molecule has 0 aliphatic rings. The Bertz CT molecular complexity index is 1210. The van der Waals surface area contributed by atoms with Crippen LogP contribution in [-0.2, 0) is 11.3 Å². The van der Waals surface area contributed by atoms with Crippen LogP contribution in [0.1, 0.15) is 5.56 Å². The molecule has 16 heteroatoms. The largest absolute Gasteiger partial charge is 0.573 e. The van der Waals surface area contributed by atoms with E-state index in [1.165, 1.54) is 31.4 Å². The van der Waals surface area contributed by atoms with Gasteiger partial charge in [-0.1, -0.05) is 12.1 Å². The number of hydrogen-bond acceptors (Lipinski definition) is 10. The molecule has 0 aliphatic heterocycles. The molecule has 1 heterocycles. The van der Waals surface area contributed by atoms with Crippen molar-refractivity contribution in [3.63, 3.8) is 0 Å². The van der Waals surface area contributed by atoms with E-state index in [9.17, 15) is 26.3 Å². The Labute approximate surface area is 212 Å². The number of rotatable bonds is 11. The molecule has 0 fully saturated rings. The summed E-state index contributed by atoms with van der Waals surface area (Å²) in [5, 5.41) is 10.8. The quantitative estimate of drug-likeness (QED) is 0.239. The Balaban J connectivity index is 1.75. The smallest absolute Gasteiger partial charge is 0.406 e. The third-order valence-corrected chi connectivity index (χ3v) is 4.50. The average molecular weight is 545 g/mol. The Morgan fingerprint density at radius 1 is 0.842 bits per heavy atom. The van der Waals surface area contributed by atoms with Gasteiger partial charge in [-0.2, -0.15) is 20.1 Å². The molecule has 0 saturated carbocycles.